The summed E-state index contributed by atoms with van der Waals surface area (Å²) in [5, 5.41) is 0.565. The largest absolute Gasteiger partial charge is 0.394 e. The van der Waals surface area contributed by atoms with Crippen LogP contribution in [-0.4, -0.2) is 22.7 Å². The Hall–Kier alpha value is 0.300. The molecule has 25 heavy (non-hydrogen) atoms. The predicted octanol–water partition coefficient (Wildman–Crippen LogP) is 6.86. The molecule has 154 valence electrons. The molecule has 0 aliphatic carbocycles. The molecule has 0 aromatic carbocycles. The van der Waals surface area contributed by atoms with Gasteiger partial charge in [-0.25, -0.2) is 0 Å². The molecule has 2 N–H and O–H groups in total. The van der Waals surface area contributed by atoms with E-state index in [1.807, 2.05) is 0 Å². The molecule has 4 nitrogen and oxygen atoms in total. The molecule has 0 bridgehead atoms. The molecule has 0 aromatic heterocycles. The van der Waals surface area contributed by atoms with Crippen LogP contribution in [0.25, 0.3) is 0 Å². The van der Waals surface area contributed by atoms with Gasteiger partial charge >= 0.3 is 10.4 Å². The van der Waals surface area contributed by atoms with E-state index in [-0.39, 0.29) is 0 Å². The van der Waals surface area contributed by atoms with Gasteiger partial charge in [-0.15, -0.1) is 9.24 Å². The van der Waals surface area contributed by atoms with Gasteiger partial charge in [-0.2, -0.15) is 8.42 Å². The van der Waals surface area contributed by atoms with E-state index in [9.17, 15) is 0 Å². The van der Waals surface area contributed by atoms with E-state index in [0.717, 1.165) is 0 Å². The van der Waals surface area contributed by atoms with Crippen LogP contribution in [0.1, 0.15) is 117 Å². The Morgan fingerprint density at radius 2 is 0.880 bits per heavy atom. The van der Waals surface area contributed by atoms with Crippen molar-refractivity contribution in [1.29, 1.82) is 0 Å². The number of hydrogen-bond acceptors (Lipinski definition) is 2. The highest BCUT2D eigenvalue weighted by molar-refractivity contribution is 7.79. The van der Waals surface area contributed by atoms with E-state index >= 15 is 0 Å². The summed E-state index contributed by atoms with van der Waals surface area (Å²) in [6.45, 7) is 6.93. The van der Waals surface area contributed by atoms with Crippen molar-refractivity contribution >= 4 is 19.6 Å². The Morgan fingerprint density at radius 1 is 0.640 bits per heavy atom. The molecule has 0 radical (unpaired) electrons. The van der Waals surface area contributed by atoms with Crippen LogP contribution in [-0.2, 0) is 10.4 Å². The lowest BCUT2D eigenvalue weighted by Crippen LogP contribution is -2.20. The fourth-order valence-corrected chi connectivity index (χ4v) is 3.70. The lowest BCUT2D eigenvalue weighted by molar-refractivity contribution is 0.381. The third-order valence-electron chi connectivity index (χ3n) is 4.58. The topological polar surface area (TPSA) is 74.6 Å². The van der Waals surface area contributed by atoms with Crippen molar-refractivity contribution in [3.05, 3.63) is 0 Å². The second-order valence-electron chi connectivity index (χ2n) is 7.24. The first-order chi connectivity index (χ1) is 11.7. The summed E-state index contributed by atoms with van der Waals surface area (Å²) in [6, 6.07) is 0. The maximum absolute atomic E-state index is 8.74. The highest BCUT2D eigenvalue weighted by atomic mass is 32.3. The Morgan fingerprint density at radius 3 is 1.08 bits per heavy atom. The maximum Gasteiger partial charge on any atom is 0.394 e. The summed E-state index contributed by atoms with van der Waals surface area (Å²) >= 11 is 0. The molecule has 0 saturated heterocycles. The van der Waals surface area contributed by atoms with Crippen LogP contribution in [0.4, 0.5) is 0 Å². The molecule has 0 aliphatic rings. The molecule has 0 amide bonds. The molecule has 0 spiro atoms. The second-order valence-corrected chi connectivity index (χ2v) is 9.36. The van der Waals surface area contributed by atoms with E-state index in [2.05, 4.69) is 30.0 Å². The molecular formula is C19H43O4PS. The van der Waals surface area contributed by atoms with Gasteiger partial charge < -0.3 is 0 Å². The van der Waals surface area contributed by atoms with E-state index in [0.29, 0.717) is 5.16 Å². The van der Waals surface area contributed by atoms with Crippen LogP contribution in [0.3, 0.4) is 0 Å². The van der Waals surface area contributed by atoms with E-state index < -0.39 is 10.4 Å². The molecule has 1 atom stereocenters. The summed E-state index contributed by atoms with van der Waals surface area (Å²) in [7, 11) is -1.39. The summed E-state index contributed by atoms with van der Waals surface area (Å²) in [5.41, 5.74) is 0. The first kappa shape index (κ1) is 27.5. The van der Waals surface area contributed by atoms with Crippen LogP contribution in [0, 0.1) is 0 Å². The van der Waals surface area contributed by atoms with Crippen molar-refractivity contribution in [2.75, 3.05) is 0 Å². The Kier molecular flexibility index (Phi) is 19.5. The fraction of sp³-hybridized carbons (Fsp3) is 1.00. The highest BCUT2D eigenvalue weighted by Gasteiger charge is 2.22. The van der Waals surface area contributed by atoms with Crippen LogP contribution in [0.5, 0.6) is 0 Å². The fourth-order valence-electron chi connectivity index (χ4n) is 3.09. The minimum Gasteiger partial charge on any atom is -0.264 e. The Labute approximate surface area is 159 Å². The van der Waals surface area contributed by atoms with Gasteiger partial charge in [0.1, 0.15) is 0 Å². The van der Waals surface area contributed by atoms with Gasteiger partial charge in [-0.1, -0.05) is 97.8 Å². The third kappa shape index (κ3) is 26.6. The van der Waals surface area contributed by atoms with E-state index in [4.69, 9.17) is 17.5 Å². The van der Waals surface area contributed by atoms with Crippen molar-refractivity contribution in [2.24, 2.45) is 0 Å². The molecule has 0 aromatic rings. The lowest BCUT2D eigenvalue weighted by atomic mass is 9.88. The van der Waals surface area contributed by atoms with Gasteiger partial charge in [0.05, 0.1) is 0 Å². The maximum atomic E-state index is 8.74. The zero-order valence-corrected chi connectivity index (χ0v) is 18.8. The second kappa shape index (κ2) is 17.7. The van der Waals surface area contributed by atoms with Gasteiger partial charge in [0.15, 0.2) is 0 Å². The van der Waals surface area contributed by atoms with Gasteiger partial charge in [0.25, 0.3) is 0 Å². The summed E-state index contributed by atoms with van der Waals surface area (Å²) in [5.74, 6) is 0. The van der Waals surface area contributed by atoms with Gasteiger partial charge in [0.2, 0.25) is 0 Å². The minimum absolute atomic E-state index is 0.565. The zero-order chi connectivity index (χ0) is 19.6. The number of hydrogen-bond donors (Lipinski definition) is 2. The minimum atomic E-state index is -4.67. The molecule has 6 heteroatoms. The highest BCUT2D eigenvalue weighted by Crippen LogP contribution is 2.37. The Bertz CT molecular complexity index is 332. The molecule has 0 saturated carbocycles. The molecule has 0 fully saturated rings. The van der Waals surface area contributed by atoms with Crippen LogP contribution < -0.4 is 0 Å². The molecular weight excluding hydrogens is 355 g/mol. The SMILES string of the molecule is CCCCCCC(P)(CCCCCC)CCCCCC.O=S(=O)(O)O. The van der Waals surface area contributed by atoms with E-state index in [1.165, 1.54) is 96.3 Å². The van der Waals surface area contributed by atoms with Gasteiger partial charge in [-0.3, -0.25) is 9.11 Å². The van der Waals surface area contributed by atoms with Gasteiger partial charge in [-0.05, 0) is 24.4 Å². The predicted molar refractivity (Wildman–Crippen MR) is 113 cm³/mol. The Balaban J connectivity index is 0. The summed E-state index contributed by atoms with van der Waals surface area (Å²) < 4.78 is 31.6. The molecule has 0 aliphatic heterocycles. The summed E-state index contributed by atoms with van der Waals surface area (Å²) in [4.78, 5) is 0. The standard InChI is InChI=1S/C19H41P.H2O4S/c1-4-7-10-13-16-19(20,17-14-11-8-5-2)18-15-12-9-6-3;1-5(2,3)4/h4-18,20H2,1-3H3;(H2,1,2,3,4). The van der Waals surface area contributed by atoms with Crippen molar-refractivity contribution in [3.63, 3.8) is 0 Å². The van der Waals surface area contributed by atoms with Crippen molar-refractivity contribution in [2.45, 2.75) is 122 Å². The molecule has 0 rings (SSSR count). The monoisotopic (exact) mass is 398 g/mol. The first-order valence-corrected chi connectivity index (χ1v) is 12.1. The smallest absolute Gasteiger partial charge is 0.264 e. The average Bonchev–Trinajstić information content (AvgIpc) is 2.51. The van der Waals surface area contributed by atoms with Crippen LogP contribution >= 0.6 is 9.24 Å². The lowest BCUT2D eigenvalue weighted by Gasteiger charge is -2.30. The van der Waals surface area contributed by atoms with Crippen molar-refractivity contribution < 1.29 is 17.5 Å². The first-order valence-electron chi connectivity index (χ1n) is 10.2. The summed E-state index contributed by atoms with van der Waals surface area (Å²) in [6.07, 6.45) is 21.3. The van der Waals surface area contributed by atoms with Crippen molar-refractivity contribution in [1.82, 2.24) is 0 Å². The molecule has 1 unspecified atom stereocenters. The number of rotatable bonds is 15. The van der Waals surface area contributed by atoms with Crippen LogP contribution in [0.2, 0.25) is 0 Å². The van der Waals surface area contributed by atoms with Gasteiger partial charge in [0, 0.05) is 0 Å². The normalized spacial score (nSPS) is 11.9. The third-order valence-corrected chi connectivity index (χ3v) is 5.45. The van der Waals surface area contributed by atoms with Crippen LogP contribution in [0.15, 0.2) is 0 Å². The van der Waals surface area contributed by atoms with E-state index in [1.54, 1.807) is 0 Å². The van der Waals surface area contributed by atoms with Crippen molar-refractivity contribution in [3.8, 4) is 0 Å². The quantitative estimate of drug-likeness (QED) is 0.179. The average molecular weight is 399 g/mol. The number of unbranched alkanes of at least 4 members (excludes halogenated alkanes) is 9. The molecule has 0 heterocycles. The zero-order valence-electron chi connectivity index (χ0n) is 16.8.